The molecule has 0 saturated carbocycles. The van der Waals surface area contributed by atoms with Crippen LogP contribution in [-0.4, -0.2) is 22.3 Å². The smallest absolute Gasteiger partial charge is 0.255 e. The third-order valence-electron chi connectivity index (χ3n) is 5.68. The lowest BCUT2D eigenvalue weighted by atomic mass is 9.93. The summed E-state index contributed by atoms with van der Waals surface area (Å²) in [6.07, 6.45) is 0.912. The fourth-order valence-corrected chi connectivity index (χ4v) is 4.57. The largest absolute Gasteiger partial charge is 0.354 e. The van der Waals surface area contributed by atoms with Crippen LogP contribution in [0.15, 0.2) is 72.8 Å². The van der Waals surface area contributed by atoms with Gasteiger partial charge in [-0.05, 0) is 41.8 Å². The monoisotopic (exact) mass is 400 g/mol. The molecular formula is C25H21ClN2O. The van der Waals surface area contributed by atoms with Crippen LogP contribution in [0, 0.1) is 0 Å². The predicted octanol–water partition coefficient (Wildman–Crippen LogP) is 6.44. The third-order valence-corrected chi connectivity index (χ3v) is 5.93. The number of para-hydroxylation sites is 1. The van der Waals surface area contributed by atoms with Gasteiger partial charge in [0.15, 0.2) is 0 Å². The van der Waals surface area contributed by atoms with Crippen molar-refractivity contribution in [2.75, 3.05) is 6.54 Å². The summed E-state index contributed by atoms with van der Waals surface area (Å²) in [5, 5.41) is 1.86. The minimum Gasteiger partial charge on any atom is -0.354 e. The van der Waals surface area contributed by atoms with Crippen LogP contribution >= 0.6 is 11.6 Å². The Morgan fingerprint density at radius 2 is 1.69 bits per heavy atom. The summed E-state index contributed by atoms with van der Waals surface area (Å²) in [5.74, 6) is 0.111. The number of nitrogens with zero attached hydrogens (tertiary/aromatic N) is 1. The van der Waals surface area contributed by atoms with E-state index in [0.717, 1.165) is 51.8 Å². The number of rotatable bonds is 4. The second-order valence-electron chi connectivity index (χ2n) is 7.45. The second-order valence-corrected chi connectivity index (χ2v) is 7.89. The summed E-state index contributed by atoms with van der Waals surface area (Å²) in [4.78, 5) is 18.8. The van der Waals surface area contributed by atoms with Crippen LogP contribution in [0.25, 0.3) is 22.2 Å². The molecule has 0 unspecified atom stereocenters. The number of carbonyl (C=O) groups is 1. The molecule has 1 amide bonds. The standard InChI is InChI=1S/C25H21ClN2O/c1-2-15-28-24(18-7-3-4-8-19(18)25(28)29)22-20-9-5-6-10-21(20)27-23(22)16-11-13-17(26)14-12-16/h3-14,24,27H,2,15H2,1H3/t24-/m0/s1. The van der Waals surface area contributed by atoms with Crippen molar-refractivity contribution in [3.05, 3.63) is 94.5 Å². The highest BCUT2D eigenvalue weighted by Gasteiger charge is 2.39. The number of aromatic nitrogens is 1. The Balaban J connectivity index is 1.80. The number of amides is 1. The van der Waals surface area contributed by atoms with Crippen LogP contribution in [0.1, 0.15) is 40.9 Å². The van der Waals surface area contributed by atoms with Gasteiger partial charge in [-0.1, -0.05) is 67.1 Å². The van der Waals surface area contributed by atoms with Gasteiger partial charge in [-0.3, -0.25) is 4.79 Å². The highest BCUT2D eigenvalue weighted by atomic mass is 35.5. The molecule has 3 aromatic carbocycles. The van der Waals surface area contributed by atoms with Gasteiger partial charge in [0.05, 0.1) is 11.7 Å². The van der Waals surface area contributed by atoms with E-state index in [1.54, 1.807) is 0 Å². The van der Waals surface area contributed by atoms with Crippen molar-refractivity contribution in [1.82, 2.24) is 9.88 Å². The van der Waals surface area contributed by atoms with E-state index in [0.29, 0.717) is 5.02 Å². The molecule has 4 aromatic rings. The maximum Gasteiger partial charge on any atom is 0.255 e. The summed E-state index contributed by atoms with van der Waals surface area (Å²) in [6.45, 7) is 2.83. The molecule has 5 rings (SSSR count). The minimum absolute atomic E-state index is 0.111. The lowest BCUT2D eigenvalue weighted by Crippen LogP contribution is -2.29. The zero-order valence-electron chi connectivity index (χ0n) is 16.2. The highest BCUT2D eigenvalue weighted by molar-refractivity contribution is 6.30. The maximum atomic E-state index is 13.2. The van der Waals surface area contributed by atoms with Gasteiger partial charge in [0.2, 0.25) is 0 Å². The molecule has 1 aromatic heterocycles. The van der Waals surface area contributed by atoms with Crippen molar-refractivity contribution < 1.29 is 4.79 Å². The number of halogens is 1. The number of benzene rings is 3. The van der Waals surface area contributed by atoms with Crippen molar-refractivity contribution in [1.29, 1.82) is 0 Å². The SMILES string of the molecule is CCCN1C(=O)c2ccccc2[C@H]1c1c(-c2ccc(Cl)cc2)[nH]c2ccccc12. The molecule has 0 saturated heterocycles. The van der Waals surface area contributed by atoms with Gasteiger partial charge in [0, 0.05) is 33.6 Å². The summed E-state index contributed by atoms with van der Waals surface area (Å²) in [5.41, 5.74) is 6.20. The fourth-order valence-electron chi connectivity index (χ4n) is 4.44. The van der Waals surface area contributed by atoms with Gasteiger partial charge in [-0.25, -0.2) is 0 Å². The van der Waals surface area contributed by atoms with Crippen LogP contribution in [0.2, 0.25) is 5.02 Å². The Morgan fingerprint density at radius 3 is 2.48 bits per heavy atom. The highest BCUT2D eigenvalue weighted by Crippen LogP contribution is 2.45. The molecule has 1 atom stereocenters. The topological polar surface area (TPSA) is 36.1 Å². The first-order valence-corrected chi connectivity index (χ1v) is 10.3. The molecule has 0 bridgehead atoms. The molecule has 0 spiro atoms. The van der Waals surface area contributed by atoms with Gasteiger partial charge < -0.3 is 9.88 Å². The zero-order chi connectivity index (χ0) is 20.0. The molecule has 2 heterocycles. The Hall–Kier alpha value is -3.04. The summed E-state index contributed by atoms with van der Waals surface area (Å²) in [7, 11) is 0. The number of hydrogen-bond acceptors (Lipinski definition) is 1. The maximum absolute atomic E-state index is 13.2. The molecule has 1 aliphatic rings. The van der Waals surface area contributed by atoms with Gasteiger partial charge in [0.1, 0.15) is 0 Å². The molecule has 4 heteroatoms. The molecule has 0 radical (unpaired) electrons. The predicted molar refractivity (Wildman–Crippen MR) is 118 cm³/mol. The Morgan fingerprint density at radius 1 is 0.966 bits per heavy atom. The summed E-state index contributed by atoms with van der Waals surface area (Å²) in [6, 6.07) is 24.1. The van der Waals surface area contributed by atoms with E-state index >= 15 is 0 Å². The number of hydrogen-bond donors (Lipinski definition) is 1. The summed E-state index contributed by atoms with van der Waals surface area (Å²) < 4.78 is 0. The lowest BCUT2D eigenvalue weighted by molar-refractivity contribution is 0.0751. The normalized spacial score (nSPS) is 15.9. The summed E-state index contributed by atoms with van der Waals surface area (Å²) >= 11 is 6.13. The van der Waals surface area contributed by atoms with E-state index in [1.165, 1.54) is 0 Å². The first kappa shape index (κ1) is 18.0. The van der Waals surface area contributed by atoms with E-state index in [2.05, 4.69) is 36.2 Å². The van der Waals surface area contributed by atoms with E-state index in [9.17, 15) is 4.79 Å². The van der Waals surface area contributed by atoms with Crippen molar-refractivity contribution in [3.63, 3.8) is 0 Å². The molecular weight excluding hydrogens is 380 g/mol. The van der Waals surface area contributed by atoms with E-state index in [4.69, 9.17) is 11.6 Å². The Labute approximate surface area is 174 Å². The fraction of sp³-hybridized carbons (Fsp3) is 0.160. The lowest BCUT2D eigenvalue weighted by Gasteiger charge is -2.26. The van der Waals surface area contributed by atoms with E-state index in [-0.39, 0.29) is 11.9 Å². The minimum atomic E-state index is -0.111. The van der Waals surface area contributed by atoms with Crippen molar-refractivity contribution in [2.45, 2.75) is 19.4 Å². The van der Waals surface area contributed by atoms with Crippen LogP contribution in [0.5, 0.6) is 0 Å². The molecule has 144 valence electrons. The number of carbonyl (C=O) groups excluding carboxylic acids is 1. The van der Waals surface area contributed by atoms with Crippen LogP contribution in [0.4, 0.5) is 0 Å². The average Bonchev–Trinajstić information content (AvgIpc) is 3.25. The molecule has 3 nitrogen and oxygen atoms in total. The van der Waals surface area contributed by atoms with Crippen LogP contribution in [0.3, 0.4) is 0 Å². The number of H-pyrrole nitrogens is 1. The number of fused-ring (bicyclic) bond motifs is 2. The van der Waals surface area contributed by atoms with Crippen LogP contribution < -0.4 is 0 Å². The third kappa shape index (κ3) is 2.85. The van der Waals surface area contributed by atoms with Crippen LogP contribution in [-0.2, 0) is 0 Å². The van der Waals surface area contributed by atoms with Gasteiger partial charge in [-0.15, -0.1) is 0 Å². The van der Waals surface area contributed by atoms with Crippen molar-refractivity contribution >= 4 is 28.4 Å². The van der Waals surface area contributed by atoms with Crippen molar-refractivity contribution in [3.8, 4) is 11.3 Å². The quantitative estimate of drug-likeness (QED) is 0.420. The second kappa shape index (κ2) is 7.09. The van der Waals surface area contributed by atoms with E-state index in [1.807, 2.05) is 53.4 Å². The van der Waals surface area contributed by atoms with E-state index < -0.39 is 0 Å². The molecule has 1 N–H and O–H groups in total. The molecule has 1 aliphatic heterocycles. The number of aromatic amines is 1. The van der Waals surface area contributed by atoms with Crippen molar-refractivity contribution in [2.24, 2.45) is 0 Å². The first-order valence-electron chi connectivity index (χ1n) is 9.95. The Bertz CT molecular complexity index is 1210. The molecule has 0 aliphatic carbocycles. The molecule has 0 fully saturated rings. The molecule has 29 heavy (non-hydrogen) atoms. The zero-order valence-corrected chi connectivity index (χ0v) is 16.9. The number of nitrogens with one attached hydrogen (secondary N) is 1. The first-order chi connectivity index (χ1) is 14.2. The van der Waals surface area contributed by atoms with Gasteiger partial charge >= 0.3 is 0 Å². The van der Waals surface area contributed by atoms with Gasteiger partial charge in [-0.2, -0.15) is 0 Å². The van der Waals surface area contributed by atoms with Gasteiger partial charge in [0.25, 0.3) is 5.91 Å². The Kier molecular flexibility index (Phi) is 4.40. The average molecular weight is 401 g/mol.